The number of phosphoric acid groups is 4. The van der Waals surface area contributed by atoms with Gasteiger partial charge in [0.2, 0.25) is 5.36 Å². The Morgan fingerprint density at radius 2 is 1.23 bits per heavy atom. The Balaban J connectivity index is 0.588. The highest BCUT2D eigenvalue weighted by Gasteiger charge is 2.50. The van der Waals surface area contributed by atoms with Gasteiger partial charge in [0.05, 0.1) is 79.9 Å². The molecule has 0 radical (unpaired) electrons. The third kappa shape index (κ3) is 22.3. The number of aliphatic hydroxyl groups is 1. The number of rotatable bonds is 32. The van der Waals surface area contributed by atoms with Crippen molar-refractivity contribution in [1.82, 2.24) is 73.1 Å². The Labute approximate surface area is 782 Å². The third-order valence-corrected chi connectivity index (χ3v) is 28.7. The average molecular weight is 2050 g/mol. The van der Waals surface area contributed by atoms with Crippen LogP contribution in [-0.4, -0.2) is 248 Å². The molecule has 9 aromatic rings. The number of H-pyrrole nitrogens is 2. The molecule has 0 saturated carbocycles. The van der Waals surface area contributed by atoms with E-state index in [0.717, 1.165) is 43.0 Å². The van der Waals surface area contributed by atoms with Gasteiger partial charge in [-0.2, -0.15) is 21.8 Å². The second kappa shape index (κ2) is 38.2. The lowest BCUT2D eigenvalue weighted by atomic mass is 9.83. The molecule has 4 fully saturated rings. The number of aliphatic hydroxyl groups excluding tert-OH is 1. The van der Waals surface area contributed by atoms with Crippen molar-refractivity contribution in [2.75, 3.05) is 68.4 Å². The number of carboxylic acid groups (broad SMARTS) is 1. The zero-order chi connectivity index (χ0) is 100. The summed E-state index contributed by atoms with van der Waals surface area (Å²) in [5.41, 5.74) is 6.36. The van der Waals surface area contributed by atoms with E-state index in [4.69, 9.17) is 62.3 Å². The highest BCUT2D eigenvalue weighted by atomic mass is 32.2. The average Bonchev–Trinajstić information content (AvgIpc) is 1.31. The molecule has 0 aliphatic carbocycles. The molecule has 3 aromatic carbocycles. The summed E-state index contributed by atoms with van der Waals surface area (Å²) in [6.45, 7) is 4.06. The Kier molecular flexibility index (Phi) is 27.6. The van der Waals surface area contributed by atoms with E-state index in [2.05, 4.69) is 61.9 Å². The maximum absolute atomic E-state index is 14.2. The minimum absolute atomic E-state index is 0.00747. The largest absolute Gasteiger partial charge is 0.478 e. The molecule has 60 heteroatoms. The summed E-state index contributed by atoms with van der Waals surface area (Å²) in [5.74, 6) is 1.52. The van der Waals surface area contributed by atoms with Gasteiger partial charge in [-0.15, -0.1) is 5.10 Å². The molecule has 16 N–H and O–H groups in total. The number of likely N-dealkylation sites (N-methyl/N-ethyl adjacent to an activating group) is 2. The monoisotopic (exact) mass is 2050 g/mol. The van der Waals surface area contributed by atoms with E-state index in [9.17, 15) is 112 Å². The number of hydrogen-bond donors (Lipinski definition) is 14. The molecule has 7 unspecified atom stereocenters. The maximum Gasteiger partial charge on any atom is 0.472 e. The number of carbonyl (C=O) groups excluding carboxylic acids is 1. The van der Waals surface area contributed by atoms with E-state index in [1.165, 1.54) is 48.5 Å². The number of imidazole rings is 1. The zero-order valence-corrected chi connectivity index (χ0v) is 79.0. The van der Waals surface area contributed by atoms with Crippen LogP contribution in [0.1, 0.15) is 138 Å². The van der Waals surface area contributed by atoms with E-state index >= 15 is 0 Å². The molecule has 0 bridgehead atoms. The van der Waals surface area contributed by atoms with Gasteiger partial charge in [-0.05, 0) is 73.9 Å². The van der Waals surface area contributed by atoms with Gasteiger partial charge in [0.15, 0.2) is 17.0 Å². The number of benzene rings is 3. The summed E-state index contributed by atoms with van der Waals surface area (Å²) in [6.07, 6.45) is -10.6. The first-order chi connectivity index (χ1) is 65.1. The number of carbonyl (C=O) groups is 2. The quantitative estimate of drug-likeness (QED) is 0.0115. The van der Waals surface area contributed by atoms with Gasteiger partial charge in [0, 0.05) is 110 Å². The van der Waals surface area contributed by atoms with Gasteiger partial charge in [-0.1, -0.05) is 29.2 Å². The summed E-state index contributed by atoms with van der Waals surface area (Å²) in [5, 5.41) is 33.5. The number of nitrogens with one attached hydrogen (secondary N) is 3. The fourth-order valence-electron chi connectivity index (χ4n) is 16.9. The van der Waals surface area contributed by atoms with Crippen LogP contribution in [0.5, 0.6) is 11.5 Å². The van der Waals surface area contributed by atoms with Gasteiger partial charge in [0.1, 0.15) is 128 Å². The van der Waals surface area contributed by atoms with Gasteiger partial charge in [-0.3, -0.25) is 83.4 Å². The molecule has 54 nitrogen and oxygen atoms in total. The van der Waals surface area contributed by atoms with Crippen molar-refractivity contribution < 1.29 is 144 Å². The van der Waals surface area contributed by atoms with Crippen molar-refractivity contribution in [2.45, 2.75) is 158 Å². The molecule has 16 rings (SSSR count). The van der Waals surface area contributed by atoms with Crippen LogP contribution in [0.4, 0.5) is 17.3 Å². The summed E-state index contributed by atoms with van der Waals surface area (Å²) < 4.78 is 200. The Morgan fingerprint density at radius 3 is 1.83 bits per heavy atom. The van der Waals surface area contributed by atoms with Crippen molar-refractivity contribution in [3.63, 3.8) is 0 Å². The minimum atomic E-state index is -5.64. The summed E-state index contributed by atoms with van der Waals surface area (Å²) in [4.78, 5) is 169. The molecular formula is C79H89N18O36P4S2+. The second-order valence-corrected chi connectivity index (χ2v) is 42.6. The lowest BCUT2D eigenvalue weighted by molar-refractivity contribution is -0.0635. The highest BCUT2D eigenvalue weighted by molar-refractivity contribution is 7.86. The molecule has 13 heterocycles. The Morgan fingerprint density at radius 1 is 0.662 bits per heavy atom. The molecule has 7 aliphatic heterocycles. The molecule has 15 atom stereocenters. The SMILES string of the molecule is Cc1cn([C@H]2CC(OP(=O)(O)OC[C@H]3O[C@@H](n4ccc(N)nc4=O)CC3OP(=O)(O)OC[C@H]3O[C@@H](n4cnc5c(N)ncnc54)CC3O)[C@@H](COP(=O)(O)OC3C[C@H](n4cc(C#CCc5cn(CNC(=O)c6ccc(C7=c8cc9c(cc8Oc8cc%10c(cc87)C(CS(=O)(=O)O)=CC(C)(C)N%10C)=[N+](C)C(C)(C)C=C9CS(=O)(=O)O)c(C(=O)O)c6)nn5)c(=O)[nH]c4=O)O[C@@H]3COP(=O)(O)O)O2)c(=O)[nH]c1=O. The number of aryl methyl sites for hydroxylation is 1. The van der Waals surface area contributed by atoms with Crippen LogP contribution in [0.15, 0.2) is 122 Å². The predicted octanol–water partition coefficient (Wildman–Crippen LogP) is 0.0915. The number of fused-ring (bicyclic) bond motifs is 5. The lowest BCUT2D eigenvalue weighted by Crippen LogP contribution is -2.47. The standard InChI is InChI=1S/C79H88N18O36P4S2/c1-38-26-95(76(105)87-71(38)99)65-22-57(133-137(114,115)124-31-60-55(21-64(128-60)94-14-13-62(80)86-75(94)104)131-135(110,111)123-29-58-52(98)20-63(127-58)97-37-84-68-69(81)82-35-83-70(68)97)61(130-65)32-125-136(112,113)132-56-23-66(129-59(56)30-122-134(107,108)109)96-27-40(73(101)88-77(96)106)9-8-10-43-28-93(90-89-43)36-85-72(100)39-11-12-44(47(15-39)74(102)103)67-48-16-45-41(33-138(116,117)118)24-78(2,3)91(6)50(45)18-53(48)126-54-19-51-46(17-49(54)67)42(34-139(119,120)121)25-79(4,5)92(51)7/h11-19,24-28,35,37,52,55-61,63-66,98H,10,20-23,29-34,36H2,1-7H3,(H14-,80,81,82,83,85,86,87,88,99,100,101,102,103,104,105,106,107,108,109,110,111,112,113,114,115,116,117,118,119,120,121)/p+1/t52?,55?,56?,57?,58-,59-,60-,61-,63-,64-,65-,66-/m1/s1. The number of nitrogens with two attached hydrogens (primary N) is 2. The molecule has 0 spiro atoms. The van der Waals surface area contributed by atoms with Crippen LogP contribution in [0.2, 0.25) is 0 Å². The molecular weight excluding hydrogens is 1960 g/mol. The number of hydrogen-bond acceptors (Lipinski definition) is 37. The number of aromatic nitrogens is 13. The van der Waals surface area contributed by atoms with Gasteiger partial charge in [0.25, 0.3) is 37.3 Å². The molecule has 6 aromatic heterocycles. The minimum Gasteiger partial charge on any atom is -0.478 e. The van der Waals surface area contributed by atoms with Gasteiger partial charge < -0.3 is 80.0 Å². The fraction of sp³-hybridized carbons (Fsp3) is 0.418. The zero-order valence-electron chi connectivity index (χ0n) is 73.8. The van der Waals surface area contributed by atoms with Crippen LogP contribution in [0.3, 0.4) is 0 Å². The van der Waals surface area contributed by atoms with E-state index in [-0.39, 0.29) is 97.0 Å². The molecule has 742 valence electrons. The lowest BCUT2D eigenvalue weighted by Gasteiger charge is -2.41. The first kappa shape index (κ1) is 100. The topological polar surface area (TPSA) is 753 Å². The molecule has 139 heavy (non-hydrogen) atoms. The van der Waals surface area contributed by atoms with Gasteiger partial charge >= 0.3 is 54.3 Å². The highest BCUT2D eigenvalue weighted by Crippen LogP contribution is 2.55. The predicted molar refractivity (Wildman–Crippen MR) is 478 cm³/mol. The van der Waals surface area contributed by atoms with Crippen molar-refractivity contribution in [3.8, 4) is 23.3 Å². The van der Waals surface area contributed by atoms with Crippen molar-refractivity contribution in [3.05, 3.63) is 211 Å². The number of nitrogens with zero attached hydrogens (tertiary/aromatic N) is 13. The van der Waals surface area contributed by atoms with Crippen LogP contribution in [0.25, 0.3) is 27.9 Å². The number of phosphoric ester groups is 4. The smallest absolute Gasteiger partial charge is 0.472 e. The number of carboxylic acids is 1. The molecule has 4 saturated heterocycles. The van der Waals surface area contributed by atoms with Crippen LogP contribution < -0.4 is 69.8 Å². The van der Waals surface area contributed by atoms with Crippen molar-refractivity contribution in [2.24, 2.45) is 0 Å². The maximum atomic E-state index is 14.2. The first-order valence-corrected chi connectivity index (χ1v) is 51.0. The number of nitrogen functional groups attached to an aromatic ring is 2. The number of ether oxygens (including phenoxy) is 5. The van der Waals surface area contributed by atoms with E-state index < -0.39 is 251 Å². The number of aromatic amines is 2. The number of aromatic carboxylic acids is 1. The fourth-order valence-corrected chi connectivity index (χ4v) is 21.3. The number of anilines is 3. The Bertz CT molecular complexity index is 7590. The third-order valence-electron chi connectivity index (χ3n) is 23.8. The Hall–Kier alpha value is -11.5. The van der Waals surface area contributed by atoms with Crippen molar-refractivity contribution >= 4 is 109 Å². The van der Waals surface area contributed by atoms with Crippen LogP contribution in [-0.2, 0) is 102 Å². The van der Waals surface area contributed by atoms with Crippen molar-refractivity contribution in [1.29, 1.82) is 0 Å². The van der Waals surface area contributed by atoms with Crippen LogP contribution >= 0.6 is 31.3 Å². The first-order valence-electron chi connectivity index (χ1n) is 41.8. The van der Waals surface area contributed by atoms with E-state index in [1.54, 1.807) is 50.5 Å². The number of amides is 1. The molecule has 1 amide bonds. The summed E-state index contributed by atoms with van der Waals surface area (Å²) in [6, 6.07) is 11.5. The van der Waals surface area contributed by atoms with E-state index in [1.807, 2.05) is 37.2 Å². The van der Waals surface area contributed by atoms with Gasteiger partial charge in [-0.25, -0.2) is 61.6 Å². The van der Waals surface area contributed by atoms with Crippen LogP contribution in [0, 0.1) is 18.8 Å². The van der Waals surface area contributed by atoms with E-state index in [0.29, 0.717) is 22.2 Å². The summed E-state index contributed by atoms with van der Waals surface area (Å²) >= 11 is 0. The summed E-state index contributed by atoms with van der Waals surface area (Å²) in [7, 11) is -27.7. The molecule has 7 aliphatic rings. The second-order valence-electron chi connectivity index (χ2n) is 34.2. The normalized spacial score (nSPS) is 24.0.